The van der Waals surface area contributed by atoms with Crippen molar-refractivity contribution in [2.24, 2.45) is 23.3 Å². The Labute approximate surface area is 207 Å². The van der Waals surface area contributed by atoms with E-state index in [0.717, 1.165) is 0 Å². The highest BCUT2D eigenvalue weighted by Gasteiger charge is 2.52. The van der Waals surface area contributed by atoms with E-state index >= 15 is 0 Å². The molecule has 0 aromatic rings. The average molecular weight is 523 g/mol. The second-order valence-electron chi connectivity index (χ2n) is 11.1. The summed E-state index contributed by atoms with van der Waals surface area (Å²) in [6, 6.07) is -2.27. The van der Waals surface area contributed by atoms with E-state index in [4.69, 9.17) is 20.9 Å². The Bertz CT molecular complexity index is 768. The molecule has 0 saturated heterocycles. The Hall–Kier alpha value is -2.01. The van der Waals surface area contributed by atoms with Crippen molar-refractivity contribution in [2.75, 3.05) is 0 Å². The molecule has 0 spiro atoms. The van der Waals surface area contributed by atoms with Crippen molar-refractivity contribution in [3.05, 3.63) is 0 Å². The van der Waals surface area contributed by atoms with Gasteiger partial charge in [0.15, 0.2) is 0 Å². The molecule has 0 aliphatic carbocycles. The minimum Gasteiger partial charge on any atom is -0.458 e. The molecule has 13 heteroatoms. The summed E-state index contributed by atoms with van der Waals surface area (Å²) in [5, 5.41) is 4.28. The minimum absolute atomic E-state index is 0.377. The molecule has 4 atom stereocenters. The van der Waals surface area contributed by atoms with Crippen LogP contribution < -0.4 is 22.1 Å². The van der Waals surface area contributed by atoms with Crippen LogP contribution in [0.5, 0.6) is 0 Å². The van der Waals surface area contributed by atoms with Crippen LogP contribution in [0.25, 0.3) is 0 Å². The maximum Gasteiger partial charge on any atom is 0.339 e. The summed E-state index contributed by atoms with van der Waals surface area (Å²) in [4.78, 5) is 62.4. The van der Waals surface area contributed by atoms with E-state index in [1.54, 1.807) is 27.7 Å². The maximum atomic E-state index is 13.8. The Morgan fingerprint density at radius 3 is 1.17 bits per heavy atom. The van der Waals surface area contributed by atoms with E-state index in [9.17, 15) is 28.6 Å². The first-order chi connectivity index (χ1) is 15.5. The van der Waals surface area contributed by atoms with Gasteiger partial charge in [-0.2, -0.15) is 0 Å². The molecule has 12 nitrogen and oxygen atoms in total. The number of carbonyl (C=O) groups is 4. The molecule has 0 aliphatic rings. The monoisotopic (exact) mass is 522 g/mol. The van der Waals surface area contributed by atoms with Gasteiger partial charge in [-0.05, 0) is 53.4 Å². The Kier molecular flexibility index (Phi) is 11.6. The van der Waals surface area contributed by atoms with Crippen molar-refractivity contribution < 1.29 is 38.1 Å². The van der Waals surface area contributed by atoms with Gasteiger partial charge in [-0.1, -0.05) is 27.7 Å². The van der Waals surface area contributed by atoms with Crippen LogP contribution in [0.3, 0.4) is 0 Å². The van der Waals surface area contributed by atoms with Crippen LogP contribution in [0.2, 0.25) is 0 Å². The van der Waals surface area contributed by atoms with Crippen molar-refractivity contribution >= 4 is 31.1 Å². The average Bonchev–Trinajstić information content (AvgIpc) is 2.64. The molecule has 0 heterocycles. The smallest absolute Gasteiger partial charge is 0.339 e. The highest BCUT2D eigenvalue weighted by Crippen LogP contribution is 2.50. The summed E-state index contributed by atoms with van der Waals surface area (Å²) in [5.41, 5.74) is 9.46. The second kappa shape index (κ2) is 12.3. The van der Waals surface area contributed by atoms with E-state index in [1.807, 2.05) is 0 Å². The molecule has 0 aliphatic heterocycles. The number of hydrogen-bond donors (Lipinski definition) is 5. The molecule has 35 heavy (non-hydrogen) atoms. The van der Waals surface area contributed by atoms with E-state index in [0.29, 0.717) is 0 Å². The van der Waals surface area contributed by atoms with Crippen LogP contribution in [0.15, 0.2) is 0 Å². The number of nitrogens with one attached hydrogen (secondary N) is 2. The zero-order valence-corrected chi connectivity index (χ0v) is 23.3. The maximum absolute atomic E-state index is 13.8. The molecule has 204 valence electrons. The molecule has 2 amide bonds. The molecule has 0 bridgehead atoms. The lowest BCUT2D eigenvalue weighted by Gasteiger charge is -2.33. The van der Waals surface area contributed by atoms with E-state index in [1.165, 1.54) is 41.5 Å². The van der Waals surface area contributed by atoms with Gasteiger partial charge in [0.2, 0.25) is 23.4 Å². The number of rotatable bonds is 10. The van der Waals surface area contributed by atoms with Crippen LogP contribution in [0, 0.1) is 11.8 Å². The molecule has 0 rings (SSSR count). The third kappa shape index (κ3) is 10.6. The number of carbonyl (C=O) groups excluding carboxylic acids is 4. The third-order valence-corrected chi connectivity index (χ3v) is 6.76. The Balaban J connectivity index is 6.59. The van der Waals surface area contributed by atoms with Crippen LogP contribution in [0.4, 0.5) is 0 Å². The van der Waals surface area contributed by atoms with Crippen LogP contribution in [-0.2, 0) is 33.2 Å². The Morgan fingerprint density at radius 2 is 0.971 bits per heavy atom. The summed E-state index contributed by atoms with van der Waals surface area (Å²) < 4.78 is 24.2. The normalized spacial score (nSPS) is 17.6. The predicted octanol–water partition coefficient (Wildman–Crippen LogP) is 0.791. The number of hydrogen-bond acceptors (Lipinski definition) is 9. The van der Waals surface area contributed by atoms with Gasteiger partial charge in [-0.15, -0.1) is 0 Å². The minimum atomic E-state index is -5.17. The molecule has 0 aromatic heterocycles. The topological polar surface area (TPSA) is 200 Å². The van der Waals surface area contributed by atoms with Crippen molar-refractivity contribution in [3.63, 3.8) is 0 Å². The first-order valence-corrected chi connectivity index (χ1v) is 13.2. The van der Waals surface area contributed by atoms with Gasteiger partial charge in [0.05, 0.1) is 12.1 Å². The number of nitrogens with two attached hydrogens (primary N) is 2. The van der Waals surface area contributed by atoms with Gasteiger partial charge in [-0.25, -0.2) is 9.59 Å². The van der Waals surface area contributed by atoms with Crippen LogP contribution in [-0.4, -0.2) is 63.5 Å². The largest absolute Gasteiger partial charge is 0.458 e. The molecular formula is C22H43N4O8P. The highest BCUT2D eigenvalue weighted by atomic mass is 31.2. The van der Waals surface area contributed by atoms with Crippen LogP contribution in [0.1, 0.15) is 69.2 Å². The zero-order chi connectivity index (χ0) is 28.1. The van der Waals surface area contributed by atoms with E-state index in [-0.39, 0.29) is 11.8 Å². The van der Waals surface area contributed by atoms with E-state index in [2.05, 4.69) is 10.6 Å². The van der Waals surface area contributed by atoms with Gasteiger partial charge in [-0.3, -0.25) is 14.2 Å². The number of esters is 2. The second-order valence-corrected chi connectivity index (χ2v) is 13.5. The fraction of sp³-hybridized carbons (Fsp3) is 0.818. The zero-order valence-electron chi connectivity index (χ0n) is 22.4. The SMILES string of the molecule is CC(C)[C@H](N)C(=O)NC(C(=O)OC(C)(C)C)P(=O)(O)C(NC(=O)[C@@H](N)C(C)C)C(=O)OC(C)(C)C. The van der Waals surface area contributed by atoms with Crippen LogP contribution >= 0.6 is 7.37 Å². The van der Waals surface area contributed by atoms with Gasteiger partial charge in [0.1, 0.15) is 11.2 Å². The molecule has 2 unspecified atom stereocenters. The van der Waals surface area contributed by atoms with E-state index < -0.39 is 66.0 Å². The first-order valence-electron chi connectivity index (χ1n) is 11.4. The van der Waals surface area contributed by atoms with Crippen molar-refractivity contribution in [2.45, 2.75) is 104 Å². The van der Waals surface area contributed by atoms with Gasteiger partial charge in [0, 0.05) is 0 Å². The van der Waals surface area contributed by atoms with Gasteiger partial charge >= 0.3 is 11.9 Å². The van der Waals surface area contributed by atoms with Gasteiger partial charge < -0.3 is 36.5 Å². The predicted molar refractivity (Wildman–Crippen MR) is 131 cm³/mol. The molecule has 7 N–H and O–H groups in total. The summed E-state index contributed by atoms with van der Waals surface area (Å²) in [7, 11) is -5.17. The summed E-state index contributed by atoms with van der Waals surface area (Å²) in [6.07, 6.45) is 0. The van der Waals surface area contributed by atoms with Crippen molar-refractivity contribution in [1.82, 2.24) is 10.6 Å². The molecule has 0 radical (unpaired) electrons. The Morgan fingerprint density at radius 1 is 0.714 bits per heavy atom. The summed E-state index contributed by atoms with van der Waals surface area (Å²) >= 11 is 0. The first kappa shape index (κ1) is 33.0. The lowest BCUT2D eigenvalue weighted by molar-refractivity contribution is -0.157. The molecule has 0 aromatic carbocycles. The van der Waals surface area contributed by atoms with Crippen molar-refractivity contribution in [1.29, 1.82) is 0 Å². The lowest BCUT2D eigenvalue weighted by atomic mass is 10.1. The lowest BCUT2D eigenvalue weighted by Crippen LogP contribution is -2.56. The molecule has 0 fully saturated rings. The van der Waals surface area contributed by atoms with Gasteiger partial charge in [0.25, 0.3) is 7.37 Å². The number of ether oxygens (including phenoxy) is 2. The highest BCUT2D eigenvalue weighted by molar-refractivity contribution is 7.61. The third-order valence-electron chi connectivity index (χ3n) is 4.60. The molecule has 0 saturated carbocycles. The molecular weight excluding hydrogens is 479 g/mol. The summed E-state index contributed by atoms with van der Waals surface area (Å²) in [6.45, 7) is 15.7. The fourth-order valence-electron chi connectivity index (χ4n) is 2.54. The fourth-order valence-corrected chi connectivity index (χ4v) is 4.17. The summed E-state index contributed by atoms with van der Waals surface area (Å²) in [5.74, 6) is -9.63. The quantitative estimate of drug-likeness (QED) is 0.202. The standard InChI is InChI=1S/C22H43N4O8P/c1-11(2)13(23)15(27)25-17(19(29)33-21(5,6)7)35(31,32)18(20(30)34-22(8,9)10)26-16(28)14(24)12(3)4/h11-14,17-18H,23-24H2,1-10H3,(H,25,27)(H,26,28)(H,31,32)/t13-,14-,17?,18?/m0/s1. The number of amides is 2. The van der Waals surface area contributed by atoms with Crippen molar-refractivity contribution in [3.8, 4) is 0 Å².